The van der Waals surface area contributed by atoms with E-state index in [1.165, 1.54) is 0 Å². The van der Waals surface area contributed by atoms with Crippen molar-refractivity contribution in [1.82, 2.24) is 5.32 Å². The van der Waals surface area contributed by atoms with Crippen LogP contribution >= 0.6 is 11.6 Å². The Morgan fingerprint density at radius 2 is 2.21 bits per heavy atom. The summed E-state index contributed by atoms with van der Waals surface area (Å²) in [7, 11) is 0. The molecule has 0 aliphatic carbocycles. The number of carbonyl (C=O) groups excluding carboxylic acids is 1. The molecule has 0 radical (unpaired) electrons. The standard InChI is InChI=1S/C10H18ClNO2/c1-4-14-10(13)6-5-9(7-11)12-8(2)3/h5,8,12H,4,6-7H2,1-3H3/b9-5-. The molecule has 1 N–H and O–H groups in total. The molecule has 0 rings (SSSR count). The molecular weight excluding hydrogens is 202 g/mol. The van der Waals surface area contributed by atoms with Crippen LogP contribution in [0, 0.1) is 0 Å². The Labute approximate surface area is 90.5 Å². The highest BCUT2D eigenvalue weighted by Gasteiger charge is 2.01. The summed E-state index contributed by atoms with van der Waals surface area (Å²) in [5.41, 5.74) is 0.870. The van der Waals surface area contributed by atoms with Crippen LogP contribution < -0.4 is 5.32 Å². The van der Waals surface area contributed by atoms with E-state index in [1.807, 2.05) is 13.8 Å². The monoisotopic (exact) mass is 219 g/mol. The highest BCUT2D eigenvalue weighted by molar-refractivity contribution is 6.19. The molecule has 0 amide bonds. The first-order valence-corrected chi connectivity index (χ1v) is 5.30. The van der Waals surface area contributed by atoms with E-state index in [0.717, 1.165) is 5.70 Å². The quantitative estimate of drug-likeness (QED) is 0.549. The largest absolute Gasteiger partial charge is 0.466 e. The number of halogens is 1. The molecule has 0 atom stereocenters. The summed E-state index contributed by atoms with van der Waals surface area (Å²) in [6.45, 7) is 6.24. The minimum absolute atomic E-state index is 0.222. The van der Waals surface area contributed by atoms with Gasteiger partial charge in [0, 0.05) is 11.7 Å². The Kier molecular flexibility index (Phi) is 7.30. The molecule has 0 heterocycles. The number of alkyl halides is 1. The summed E-state index contributed by atoms with van der Waals surface area (Å²) in [4.78, 5) is 11.0. The first-order chi connectivity index (χ1) is 6.60. The van der Waals surface area contributed by atoms with Gasteiger partial charge in [0.1, 0.15) is 0 Å². The van der Waals surface area contributed by atoms with Crippen LogP contribution in [0.4, 0.5) is 0 Å². The fourth-order valence-electron chi connectivity index (χ4n) is 0.949. The molecule has 0 spiro atoms. The molecule has 0 saturated carbocycles. The second-order valence-electron chi connectivity index (χ2n) is 3.17. The topological polar surface area (TPSA) is 38.3 Å². The van der Waals surface area contributed by atoms with Crippen LogP contribution in [0.5, 0.6) is 0 Å². The van der Waals surface area contributed by atoms with Gasteiger partial charge in [-0.1, -0.05) is 6.08 Å². The lowest BCUT2D eigenvalue weighted by Gasteiger charge is -2.11. The van der Waals surface area contributed by atoms with Crippen molar-refractivity contribution in [2.75, 3.05) is 12.5 Å². The van der Waals surface area contributed by atoms with Crippen LogP contribution in [0.15, 0.2) is 11.8 Å². The molecule has 4 heteroatoms. The van der Waals surface area contributed by atoms with Gasteiger partial charge in [-0.05, 0) is 20.8 Å². The van der Waals surface area contributed by atoms with Gasteiger partial charge in [-0.15, -0.1) is 11.6 Å². The van der Waals surface area contributed by atoms with Crippen LogP contribution in [-0.2, 0) is 9.53 Å². The van der Waals surface area contributed by atoms with Gasteiger partial charge in [0.15, 0.2) is 0 Å². The van der Waals surface area contributed by atoms with E-state index in [2.05, 4.69) is 5.32 Å². The normalized spacial score (nSPS) is 11.6. The third kappa shape index (κ3) is 6.78. The van der Waals surface area contributed by atoms with E-state index < -0.39 is 0 Å². The van der Waals surface area contributed by atoms with Crippen molar-refractivity contribution >= 4 is 17.6 Å². The van der Waals surface area contributed by atoms with Crippen molar-refractivity contribution in [2.45, 2.75) is 33.2 Å². The van der Waals surface area contributed by atoms with Gasteiger partial charge in [0.2, 0.25) is 0 Å². The molecular formula is C10H18ClNO2. The van der Waals surface area contributed by atoms with Gasteiger partial charge in [0.25, 0.3) is 0 Å². The van der Waals surface area contributed by atoms with Crippen molar-refractivity contribution in [3.63, 3.8) is 0 Å². The number of hydrogen-bond donors (Lipinski definition) is 1. The van der Waals surface area contributed by atoms with Gasteiger partial charge in [-0.25, -0.2) is 0 Å². The van der Waals surface area contributed by atoms with Crippen molar-refractivity contribution in [1.29, 1.82) is 0 Å². The fraction of sp³-hybridized carbons (Fsp3) is 0.700. The van der Waals surface area contributed by atoms with Crippen molar-refractivity contribution < 1.29 is 9.53 Å². The maximum atomic E-state index is 11.0. The van der Waals surface area contributed by atoms with Crippen molar-refractivity contribution in [3.05, 3.63) is 11.8 Å². The average molecular weight is 220 g/mol. The van der Waals surface area contributed by atoms with E-state index in [0.29, 0.717) is 18.5 Å². The summed E-state index contributed by atoms with van der Waals surface area (Å²) in [6.07, 6.45) is 2.04. The smallest absolute Gasteiger partial charge is 0.309 e. The van der Waals surface area contributed by atoms with Gasteiger partial charge < -0.3 is 10.1 Å². The Morgan fingerprint density at radius 1 is 1.57 bits per heavy atom. The maximum absolute atomic E-state index is 11.0. The average Bonchev–Trinajstić information content (AvgIpc) is 2.12. The summed E-state index contributed by atoms with van der Waals surface area (Å²) in [6, 6.07) is 0.321. The number of carbonyl (C=O) groups is 1. The molecule has 0 aliphatic heterocycles. The van der Waals surface area contributed by atoms with E-state index >= 15 is 0 Å². The molecule has 0 saturated heterocycles. The fourth-order valence-corrected chi connectivity index (χ4v) is 1.14. The van der Waals surface area contributed by atoms with E-state index in [4.69, 9.17) is 16.3 Å². The van der Waals surface area contributed by atoms with Crippen molar-refractivity contribution in [2.24, 2.45) is 0 Å². The molecule has 14 heavy (non-hydrogen) atoms. The van der Waals surface area contributed by atoms with Crippen molar-refractivity contribution in [3.8, 4) is 0 Å². The summed E-state index contributed by atoms with van der Waals surface area (Å²) < 4.78 is 4.79. The number of nitrogens with one attached hydrogen (secondary N) is 1. The highest BCUT2D eigenvalue weighted by Crippen LogP contribution is 1.99. The molecule has 3 nitrogen and oxygen atoms in total. The number of esters is 1. The Hall–Kier alpha value is -0.700. The lowest BCUT2D eigenvalue weighted by molar-refractivity contribution is -0.142. The lowest BCUT2D eigenvalue weighted by atomic mass is 10.3. The molecule has 0 fully saturated rings. The molecule has 0 aromatic heterocycles. The van der Waals surface area contributed by atoms with Crippen LogP contribution in [0.2, 0.25) is 0 Å². The van der Waals surface area contributed by atoms with Gasteiger partial charge in [-0.3, -0.25) is 4.79 Å². The SMILES string of the molecule is CCOC(=O)C/C=C(/CCl)NC(C)C. The van der Waals surface area contributed by atoms with Crippen LogP contribution in [0.25, 0.3) is 0 Å². The van der Waals surface area contributed by atoms with Gasteiger partial charge in [-0.2, -0.15) is 0 Å². The summed E-state index contributed by atoms with van der Waals surface area (Å²) >= 11 is 5.69. The number of allylic oxidation sites excluding steroid dienone is 1. The minimum atomic E-state index is -0.222. The van der Waals surface area contributed by atoms with E-state index in [9.17, 15) is 4.79 Å². The molecule has 0 unspecified atom stereocenters. The van der Waals surface area contributed by atoms with Gasteiger partial charge in [0.05, 0.1) is 18.9 Å². The third-order valence-corrected chi connectivity index (χ3v) is 1.73. The summed E-state index contributed by atoms with van der Waals surface area (Å²) in [5, 5.41) is 3.15. The zero-order chi connectivity index (χ0) is 11.0. The number of ether oxygens (including phenoxy) is 1. The molecule has 0 aromatic carbocycles. The van der Waals surface area contributed by atoms with Gasteiger partial charge >= 0.3 is 5.97 Å². The second kappa shape index (κ2) is 7.68. The van der Waals surface area contributed by atoms with Crippen LogP contribution in [0.1, 0.15) is 27.2 Å². The van der Waals surface area contributed by atoms with E-state index in [-0.39, 0.29) is 12.4 Å². The predicted molar refractivity (Wildman–Crippen MR) is 58.3 cm³/mol. The first kappa shape index (κ1) is 13.3. The number of rotatable bonds is 6. The molecule has 0 aliphatic rings. The molecule has 0 aromatic rings. The van der Waals surface area contributed by atoms with Crippen LogP contribution in [-0.4, -0.2) is 24.5 Å². The first-order valence-electron chi connectivity index (χ1n) is 4.77. The molecule has 0 bridgehead atoms. The predicted octanol–water partition coefficient (Wildman–Crippen LogP) is 2.06. The Bertz CT molecular complexity index is 202. The Balaban J connectivity index is 3.97. The second-order valence-corrected chi connectivity index (χ2v) is 3.44. The third-order valence-electron chi connectivity index (χ3n) is 1.44. The zero-order valence-corrected chi connectivity index (χ0v) is 9.73. The highest BCUT2D eigenvalue weighted by atomic mass is 35.5. The number of hydrogen-bond acceptors (Lipinski definition) is 3. The maximum Gasteiger partial charge on any atom is 0.309 e. The van der Waals surface area contributed by atoms with E-state index in [1.54, 1.807) is 13.0 Å². The molecule has 82 valence electrons. The Morgan fingerprint density at radius 3 is 2.64 bits per heavy atom. The zero-order valence-electron chi connectivity index (χ0n) is 8.97. The minimum Gasteiger partial charge on any atom is -0.466 e. The summed E-state index contributed by atoms with van der Waals surface area (Å²) in [5.74, 6) is 0.165. The lowest BCUT2D eigenvalue weighted by Crippen LogP contribution is -2.23. The van der Waals surface area contributed by atoms with Crippen LogP contribution in [0.3, 0.4) is 0 Å².